The molecular formula is C21H26O7SSi. The molecule has 0 saturated heterocycles. The molecule has 1 heterocycles. The molecule has 1 aliphatic rings. The molecule has 7 nitrogen and oxygen atoms in total. The van der Waals surface area contributed by atoms with Crippen molar-refractivity contribution in [3.05, 3.63) is 48.0 Å². The third-order valence-corrected chi connectivity index (χ3v) is 7.06. The standard InChI is InChI=1S/C21H26O7SSi/c1-24-21(25-2,26-3)14-28-30-10-6-9-27-18-13-20(22)29(23)19-12-16-8-5-4-7-15(16)11-17(18)19/h4-5,7-8,11-13,20,22H,6,9-10,14H2,1-3H3. The van der Waals surface area contributed by atoms with Crippen molar-refractivity contribution >= 4 is 37.1 Å². The Morgan fingerprint density at radius 3 is 2.43 bits per heavy atom. The molecule has 0 aromatic heterocycles. The van der Waals surface area contributed by atoms with Crippen molar-refractivity contribution < 1.29 is 32.7 Å². The summed E-state index contributed by atoms with van der Waals surface area (Å²) in [7, 11) is 3.20. The molecule has 2 atom stereocenters. The van der Waals surface area contributed by atoms with Crippen molar-refractivity contribution in [2.24, 2.45) is 0 Å². The number of ether oxygens (including phenoxy) is 4. The molecular weight excluding hydrogens is 424 g/mol. The van der Waals surface area contributed by atoms with Gasteiger partial charge in [0.2, 0.25) is 9.76 Å². The van der Waals surface area contributed by atoms with Gasteiger partial charge < -0.3 is 28.5 Å². The Labute approximate surface area is 181 Å². The topological polar surface area (TPSA) is 83.5 Å². The van der Waals surface area contributed by atoms with E-state index in [-0.39, 0.29) is 16.4 Å². The smallest absolute Gasteiger partial charge is 0.305 e. The summed E-state index contributed by atoms with van der Waals surface area (Å²) in [6.07, 6.45) is 2.29. The average Bonchev–Trinajstić information content (AvgIpc) is 2.78. The minimum Gasteiger partial charge on any atom is -0.493 e. The van der Waals surface area contributed by atoms with Gasteiger partial charge in [-0.05, 0) is 41.4 Å². The molecule has 0 spiro atoms. The SMILES string of the molecule is COC(CO[Si]CCCOC1=CC(O)S(=O)c2cc3ccccc3cc21)(OC)OC. The van der Waals surface area contributed by atoms with E-state index in [1.54, 1.807) is 0 Å². The fraction of sp³-hybridized carbons (Fsp3) is 0.429. The van der Waals surface area contributed by atoms with E-state index in [9.17, 15) is 9.32 Å². The first-order valence-electron chi connectivity index (χ1n) is 9.50. The van der Waals surface area contributed by atoms with Crippen LogP contribution in [0.2, 0.25) is 6.04 Å². The van der Waals surface area contributed by atoms with Crippen LogP contribution in [0.15, 0.2) is 47.4 Å². The fourth-order valence-electron chi connectivity index (χ4n) is 3.08. The van der Waals surface area contributed by atoms with Gasteiger partial charge in [0.15, 0.2) is 5.44 Å². The lowest BCUT2D eigenvalue weighted by Gasteiger charge is -2.28. The highest BCUT2D eigenvalue weighted by atomic mass is 32.2. The van der Waals surface area contributed by atoms with Gasteiger partial charge in [-0.1, -0.05) is 24.3 Å². The number of fused-ring (bicyclic) bond motifs is 2. The number of hydrogen-bond donors (Lipinski definition) is 1. The molecule has 9 heteroatoms. The minimum absolute atomic E-state index is 0.166. The van der Waals surface area contributed by atoms with Gasteiger partial charge in [0, 0.05) is 26.9 Å². The molecule has 3 rings (SSSR count). The van der Waals surface area contributed by atoms with E-state index in [1.807, 2.05) is 36.4 Å². The third-order valence-electron chi connectivity index (χ3n) is 4.81. The molecule has 0 fully saturated rings. The van der Waals surface area contributed by atoms with Crippen molar-refractivity contribution in [1.82, 2.24) is 0 Å². The van der Waals surface area contributed by atoms with Crippen LogP contribution in [0.5, 0.6) is 0 Å². The van der Waals surface area contributed by atoms with Crippen LogP contribution in [-0.2, 0) is 34.2 Å². The average molecular weight is 451 g/mol. The quantitative estimate of drug-likeness (QED) is 0.320. The Morgan fingerprint density at radius 1 is 1.10 bits per heavy atom. The zero-order valence-electron chi connectivity index (χ0n) is 17.3. The lowest BCUT2D eigenvalue weighted by molar-refractivity contribution is -0.361. The monoisotopic (exact) mass is 450 g/mol. The Kier molecular flexibility index (Phi) is 8.18. The van der Waals surface area contributed by atoms with Gasteiger partial charge in [0.05, 0.1) is 22.3 Å². The molecule has 0 bridgehead atoms. The van der Waals surface area contributed by atoms with Gasteiger partial charge in [0.25, 0.3) is 0 Å². The summed E-state index contributed by atoms with van der Waals surface area (Å²) in [5, 5.41) is 12.2. The third kappa shape index (κ3) is 5.17. The molecule has 0 saturated carbocycles. The summed E-state index contributed by atoms with van der Waals surface area (Å²) < 4.78 is 39.6. The van der Waals surface area contributed by atoms with Crippen molar-refractivity contribution in [2.75, 3.05) is 34.5 Å². The molecule has 0 amide bonds. The molecule has 1 aliphatic heterocycles. The van der Waals surface area contributed by atoms with E-state index in [0.29, 0.717) is 17.3 Å². The second-order valence-electron chi connectivity index (χ2n) is 6.59. The maximum Gasteiger partial charge on any atom is 0.305 e. The number of aliphatic hydroxyl groups is 1. The van der Waals surface area contributed by atoms with Crippen LogP contribution < -0.4 is 0 Å². The van der Waals surface area contributed by atoms with Crippen molar-refractivity contribution in [3.8, 4) is 0 Å². The van der Waals surface area contributed by atoms with Gasteiger partial charge >= 0.3 is 5.97 Å². The second kappa shape index (κ2) is 10.6. The molecule has 30 heavy (non-hydrogen) atoms. The van der Waals surface area contributed by atoms with E-state index in [1.165, 1.54) is 27.4 Å². The molecule has 2 aromatic rings. The highest BCUT2D eigenvalue weighted by Crippen LogP contribution is 2.34. The van der Waals surface area contributed by atoms with Crippen LogP contribution >= 0.6 is 0 Å². The largest absolute Gasteiger partial charge is 0.493 e. The Morgan fingerprint density at radius 2 is 1.77 bits per heavy atom. The van der Waals surface area contributed by atoms with Crippen molar-refractivity contribution in [3.63, 3.8) is 0 Å². The van der Waals surface area contributed by atoms with Crippen molar-refractivity contribution in [2.45, 2.75) is 28.8 Å². The molecule has 1 N–H and O–H groups in total. The van der Waals surface area contributed by atoms with Gasteiger partial charge in [0.1, 0.15) is 12.4 Å². The number of rotatable bonds is 11. The molecule has 0 aliphatic carbocycles. The number of methoxy groups -OCH3 is 3. The van der Waals surface area contributed by atoms with E-state index >= 15 is 0 Å². The van der Waals surface area contributed by atoms with Gasteiger partial charge in [-0.15, -0.1) is 0 Å². The van der Waals surface area contributed by atoms with E-state index < -0.39 is 22.2 Å². The molecule has 2 unspecified atom stereocenters. The summed E-state index contributed by atoms with van der Waals surface area (Å²) in [5.74, 6) is -0.626. The number of hydrogen-bond acceptors (Lipinski definition) is 7. The lowest BCUT2D eigenvalue weighted by atomic mass is 10.1. The molecule has 162 valence electrons. The predicted octanol–water partition coefficient (Wildman–Crippen LogP) is 2.67. The van der Waals surface area contributed by atoms with E-state index in [4.69, 9.17) is 23.4 Å². The maximum absolute atomic E-state index is 12.5. The summed E-state index contributed by atoms with van der Waals surface area (Å²) >= 11 is 0. The summed E-state index contributed by atoms with van der Waals surface area (Å²) in [6.45, 7) is 0.622. The predicted molar refractivity (Wildman–Crippen MR) is 115 cm³/mol. The van der Waals surface area contributed by atoms with Crippen LogP contribution in [0.1, 0.15) is 12.0 Å². The summed E-state index contributed by atoms with van der Waals surface area (Å²) in [6, 6.07) is 12.5. The van der Waals surface area contributed by atoms with Crippen LogP contribution in [0.4, 0.5) is 0 Å². The zero-order valence-corrected chi connectivity index (χ0v) is 19.1. The first-order chi connectivity index (χ1) is 14.5. The fourth-order valence-corrected chi connectivity index (χ4v) is 4.92. The van der Waals surface area contributed by atoms with Gasteiger partial charge in [-0.3, -0.25) is 4.21 Å². The maximum atomic E-state index is 12.5. The molecule has 2 radical (unpaired) electrons. The first kappa shape index (κ1) is 23.1. The van der Waals surface area contributed by atoms with Crippen LogP contribution in [-0.4, -0.2) is 65.0 Å². The van der Waals surface area contributed by atoms with E-state index in [2.05, 4.69) is 0 Å². The van der Waals surface area contributed by atoms with Gasteiger partial charge in [-0.25, -0.2) is 0 Å². The summed E-state index contributed by atoms with van der Waals surface area (Å²) in [4.78, 5) is 0.596. The zero-order chi connectivity index (χ0) is 21.6. The Bertz CT molecular complexity index is 905. The van der Waals surface area contributed by atoms with Crippen LogP contribution in [0.3, 0.4) is 0 Å². The van der Waals surface area contributed by atoms with E-state index in [0.717, 1.165) is 28.8 Å². The Hall–Kier alpha value is -1.59. The number of aliphatic hydroxyl groups excluding tert-OH is 1. The Balaban J connectivity index is 1.54. The lowest BCUT2D eigenvalue weighted by Crippen LogP contribution is -2.41. The van der Waals surface area contributed by atoms with Crippen molar-refractivity contribution in [1.29, 1.82) is 0 Å². The highest BCUT2D eigenvalue weighted by molar-refractivity contribution is 7.85. The van der Waals surface area contributed by atoms with Crippen LogP contribution in [0, 0.1) is 0 Å². The molecule has 2 aromatic carbocycles. The number of benzene rings is 2. The van der Waals surface area contributed by atoms with Crippen LogP contribution in [0.25, 0.3) is 16.5 Å². The first-order valence-corrected chi connectivity index (χ1v) is 11.8. The highest BCUT2D eigenvalue weighted by Gasteiger charge is 2.30. The second-order valence-corrected chi connectivity index (χ2v) is 9.19. The minimum atomic E-state index is -1.51. The normalized spacial score (nSPS) is 18.9. The van der Waals surface area contributed by atoms with Gasteiger partial charge in [-0.2, -0.15) is 0 Å². The summed E-state index contributed by atoms with van der Waals surface area (Å²) in [5.41, 5.74) is -0.315.